The van der Waals surface area contributed by atoms with Gasteiger partial charge in [-0.2, -0.15) is 13.2 Å². The number of hydrogen-bond acceptors (Lipinski definition) is 2. The molecule has 0 radical (unpaired) electrons. The molecule has 3 rings (SSSR count). The molecule has 4 nitrogen and oxygen atoms in total. The summed E-state index contributed by atoms with van der Waals surface area (Å²) in [6.45, 7) is 0. The summed E-state index contributed by atoms with van der Waals surface area (Å²) in [5.41, 5.74) is 1.25. The van der Waals surface area contributed by atoms with Crippen molar-refractivity contribution in [3.8, 4) is 5.75 Å². The van der Waals surface area contributed by atoms with E-state index in [1.165, 1.54) is 12.1 Å². The molecule has 26 heavy (non-hydrogen) atoms. The first-order valence-corrected chi connectivity index (χ1v) is 8.24. The summed E-state index contributed by atoms with van der Waals surface area (Å²) in [5, 5.41) is 11.5. The monoisotopic (exact) mass is 365 g/mol. The van der Waals surface area contributed by atoms with Crippen LogP contribution in [0.4, 0.5) is 18.0 Å². The second-order valence-electron chi connectivity index (χ2n) is 6.25. The maximum absolute atomic E-state index is 12.7. The molecular weight excluding hydrogens is 347 g/mol. The van der Waals surface area contributed by atoms with E-state index < -0.39 is 23.9 Å². The summed E-state index contributed by atoms with van der Waals surface area (Å²) in [6, 6.07) is 11.9. The third kappa shape index (κ3) is 4.28. The van der Waals surface area contributed by atoms with Gasteiger partial charge in [-0.15, -0.1) is 0 Å². The first-order valence-electron chi connectivity index (χ1n) is 8.24. The molecule has 2 aromatic carbocycles. The number of carbonyl (C=O) groups is 1. The summed E-state index contributed by atoms with van der Waals surface area (Å²) in [6.07, 6.45) is -4.20. The lowest BCUT2D eigenvalue weighted by atomic mass is 10.0. The zero-order valence-corrected chi connectivity index (χ0v) is 13.8. The minimum absolute atomic E-state index is 0.292. The van der Waals surface area contributed by atoms with Crippen LogP contribution in [0.3, 0.4) is 0 Å². The maximum Gasteiger partial charge on any atom is 0.416 e. The number of amides is 1. The third-order valence-electron chi connectivity index (χ3n) is 4.45. The molecule has 2 aromatic rings. The lowest BCUT2D eigenvalue weighted by molar-refractivity contribution is -0.137. The highest BCUT2D eigenvalue weighted by Gasteiger charge is 2.31. The van der Waals surface area contributed by atoms with Crippen LogP contribution < -0.4 is 10.1 Å². The van der Waals surface area contributed by atoms with Crippen LogP contribution in [0, 0.1) is 0 Å². The molecule has 2 atom stereocenters. The van der Waals surface area contributed by atoms with Gasteiger partial charge in [0, 0.05) is 12.5 Å². The van der Waals surface area contributed by atoms with E-state index in [1.807, 2.05) is 24.3 Å². The van der Waals surface area contributed by atoms with E-state index in [0.29, 0.717) is 25.0 Å². The molecule has 2 unspecified atom stereocenters. The van der Waals surface area contributed by atoms with Crippen molar-refractivity contribution in [1.29, 1.82) is 0 Å². The highest BCUT2D eigenvalue weighted by Crippen LogP contribution is 2.35. The normalized spacial score (nSPS) is 20.0. The summed E-state index contributed by atoms with van der Waals surface area (Å²) < 4.78 is 44.0. The highest BCUT2D eigenvalue weighted by atomic mass is 19.4. The van der Waals surface area contributed by atoms with Crippen LogP contribution in [-0.2, 0) is 12.6 Å². The predicted octanol–water partition coefficient (Wildman–Crippen LogP) is 4.80. The van der Waals surface area contributed by atoms with Gasteiger partial charge in [-0.3, -0.25) is 0 Å². The molecule has 0 aliphatic heterocycles. The molecule has 1 aliphatic carbocycles. The number of nitrogens with one attached hydrogen (secondary N) is 1. The topological polar surface area (TPSA) is 58.6 Å². The van der Waals surface area contributed by atoms with Gasteiger partial charge in [-0.05, 0) is 48.2 Å². The summed E-state index contributed by atoms with van der Waals surface area (Å²) >= 11 is 0. The molecule has 0 bridgehead atoms. The summed E-state index contributed by atoms with van der Waals surface area (Å²) in [7, 11) is 0. The Morgan fingerprint density at radius 3 is 2.46 bits per heavy atom. The molecule has 0 spiro atoms. The Labute approximate surface area is 148 Å². The number of halogens is 3. The number of carboxylic acid groups (broad SMARTS) is 1. The number of hydrogen-bond donors (Lipinski definition) is 2. The van der Waals surface area contributed by atoms with Gasteiger partial charge in [0.05, 0.1) is 5.56 Å². The second kappa shape index (κ2) is 7.27. The Bertz CT molecular complexity index is 774. The van der Waals surface area contributed by atoms with Gasteiger partial charge < -0.3 is 15.2 Å². The average Bonchev–Trinajstić information content (AvgIpc) is 2.74. The number of aryl methyl sites for hydroxylation is 1. The van der Waals surface area contributed by atoms with Crippen LogP contribution in [0.5, 0.6) is 5.75 Å². The van der Waals surface area contributed by atoms with Crippen LogP contribution in [0.25, 0.3) is 0 Å². The van der Waals surface area contributed by atoms with Crippen molar-refractivity contribution in [3.05, 3.63) is 65.2 Å². The zero-order chi connectivity index (χ0) is 18.7. The summed E-state index contributed by atoms with van der Waals surface area (Å²) in [5.74, 6) is 0.314. The lowest BCUT2D eigenvalue weighted by Crippen LogP contribution is -2.35. The first-order chi connectivity index (χ1) is 12.3. The minimum atomic E-state index is -4.40. The van der Waals surface area contributed by atoms with Gasteiger partial charge in [0.25, 0.3) is 0 Å². The Morgan fingerprint density at radius 2 is 1.81 bits per heavy atom. The molecule has 0 fully saturated rings. The van der Waals surface area contributed by atoms with E-state index >= 15 is 0 Å². The third-order valence-corrected chi connectivity index (χ3v) is 4.45. The second-order valence-corrected chi connectivity index (χ2v) is 6.25. The van der Waals surface area contributed by atoms with E-state index in [2.05, 4.69) is 5.32 Å². The van der Waals surface area contributed by atoms with Crippen LogP contribution in [-0.4, -0.2) is 17.2 Å². The van der Waals surface area contributed by atoms with Crippen molar-refractivity contribution in [2.45, 2.75) is 37.6 Å². The van der Waals surface area contributed by atoms with Gasteiger partial charge in [0.15, 0.2) is 0 Å². The molecule has 7 heteroatoms. The molecule has 0 aromatic heterocycles. The van der Waals surface area contributed by atoms with Crippen molar-refractivity contribution in [3.63, 3.8) is 0 Å². The van der Waals surface area contributed by atoms with E-state index in [0.717, 1.165) is 23.3 Å². The highest BCUT2D eigenvalue weighted by molar-refractivity contribution is 5.64. The van der Waals surface area contributed by atoms with E-state index in [1.54, 1.807) is 0 Å². The van der Waals surface area contributed by atoms with E-state index in [4.69, 9.17) is 9.84 Å². The Kier molecular flexibility index (Phi) is 5.06. The number of rotatable bonds is 3. The van der Waals surface area contributed by atoms with E-state index in [9.17, 15) is 18.0 Å². The standard InChI is InChI=1S/C19H18F3NO3/c20-19(21,22)13-6-9-15(10-7-13)26-17-11-14(23-18(24)25)8-5-12-3-1-2-4-16(12)17/h1-4,6-7,9-10,14,17,23H,5,8,11H2,(H,24,25). The molecule has 0 saturated heterocycles. The van der Waals surface area contributed by atoms with Gasteiger partial charge in [0.2, 0.25) is 0 Å². The number of fused-ring (bicyclic) bond motifs is 1. The molecule has 1 aliphatic rings. The van der Waals surface area contributed by atoms with Crippen molar-refractivity contribution in [2.75, 3.05) is 0 Å². The Hall–Kier alpha value is -2.70. The zero-order valence-electron chi connectivity index (χ0n) is 13.8. The fourth-order valence-electron chi connectivity index (χ4n) is 3.21. The number of alkyl halides is 3. The molecular formula is C19H18F3NO3. The lowest BCUT2D eigenvalue weighted by Gasteiger charge is -2.23. The van der Waals surface area contributed by atoms with Crippen molar-refractivity contribution in [1.82, 2.24) is 5.32 Å². The largest absolute Gasteiger partial charge is 0.486 e. The minimum Gasteiger partial charge on any atom is -0.486 e. The summed E-state index contributed by atoms with van der Waals surface area (Å²) in [4.78, 5) is 11.0. The Morgan fingerprint density at radius 1 is 1.12 bits per heavy atom. The molecule has 0 saturated carbocycles. The van der Waals surface area contributed by atoms with Crippen LogP contribution in [0.1, 0.15) is 35.6 Å². The van der Waals surface area contributed by atoms with Crippen LogP contribution in [0.2, 0.25) is 0 Å². The van der Waals surface area contributed by atoms with E-state index in [-0.39, 0.29) is 6.04 Å². The molecule has 138 valence electrons. The molecule has 2 N–H and O–H groups in total. The maximum atomic E-state index is 12.7. The fraction of sp³-hybridized carbons (Fsp3) is 0.316. The predicted molar refractivity (Wildman–Crippen MR) is 89.1 cm³/mol. The quantitative estimate of drug-likeness (QED) is 0.769. The number of ether oxygens (including phenoxy) is 1. The fourth-order valence-corrected chi connectivity index (χ4v) is 3.21. The van der Waals surface area contributed by atoms with Gasteiger partial charge >= 0.3 is 12.3 Å². The van der Waals surface area contributed by atoms with Gasteiger partial charge in [-0.25, -0.2) is 4.79 Å². The van der Waals surface area contributed by atoms with Gasteiger partial charge in [-0.1, -0.05) is 24.3 Å². The number of benzene rings is 2. The van der Waals surface area contributed by atoms with Gasteiger partial charge in [0.1, 0.15) is 11.9 Å². The van der Waals surface area contributed by atoms with Crippen molar-refractivity contribution in [2.24, 2.45) is 0 Å². The van der Waals surface area contributed by atoms with Crippen LogP contribution >= 0.6 is 0 Å². The average molecular weight is 365 g/mol. The molecule has 0 heterocycles. The SMILES string of the molecule is O=C(O)NC1CCc2ccccc2C(Oc2ccc(C(F)(F)F)cc2)C1. The Balaban J connectivity index is 1.84. The van der Waals surface area contributed by atoms with Crippen molar-refractivity contribution < 1.29 is 27.8 Å². The van der Waals surface area contributed by atoms with Crippen molar-refractivity contribution >= 4 is 6.09 Å². The molecule has 1 amide bonds. The smallest absolute Gasteiger partial charge is 0.416 e. The van der Waals surface area contributed by atoms with Crippen LogP contribution in [0.15, 0.2) is 48.5 Å². The first kappa shape index (κ1) is 18.1.